The largest absolute Gasteiger partial charge is 0.481 e. The molecule has 2 amide bonds. The fourth-order valence-corrected chi connectivity index (χ4v) is 2.24. The molecule has 0 bridgehead atoms. The van der Waals surface area contributed by atoms with Crippen molar-refractivity contribution >= 4 is 33.6 Å². The first-order chi connectivity index (χ1) is 10.0. The Hall–Kier alpha value is -1.56. The molecule has 0 saturated heterocycles. The van der Waals surface area contributed by atoms with E-state index in [-0.39, 0.29) is 12.5 Å². The van der Waals surface area contributed by atoms with E-state index < -0.39 is 5.97 Å². The van der Waals surface area contributed by atoms with Crippen LogP contribution in [0.5, 0.6) is 0 Å². The van der Waals surface area contributed by atoms with Crippen molar-refractivity contribution < 1.29 is 14.7 Å². The van der Waals surface area contributed by atoms with Gasteiger partial charge in [0.25, 0.3) is 0 Å². The summed E-state index contributed by atoms with van der Waals surface area (Å²) in [6.07, 6.45) is 2.55. The molecule has 5 nitrogen and oxygen atoms in total. The van der Waals surface area contributed by atoms with Crippen molar-refractivity contribution in [3.05, 3.63) is 28.7 Å². The minimum Gasteiger partial charge on any atom is -0.481 e. The maximum Gasteiger partial charge on any atom is 0.319 e. The van der Waals surface area contributed by atoms with Gasteiger partial charge in [-0.05, 0) is 43.0 Å². The summed E-state index contributed by atoms with van der Waals surface area (Å²) in [5.74, 6) is -0.441. The minimum atomic E-state index is -0.769. The van der Waals surface area contributed by atoms with Crippen molar-refractivity contribution in [2.75, 3.05) is 11.9 Å². The lowest BCUT2D eigenvalue weighted by atomic mass is 9.97. The van der Waals surface area contributed by atoms with Gasteiger partial charge in [-0.3, -0.25) is 4.79 Å². The van der Waals surface area contributed by atoms with Gasteiger partial charge in [-0.15, -0.1) is 0 Å². The molecular formula is C15H21BrN2O3. The number of rotatable bonds is 8. The molecule has 1 rings (SSSR count). The highest BCUT2D eigenvalue weighted by Crippen LogP contribution is 2.15. The van der Waals surface area contributed by atoms with Gasteiger partial charge in [0.15, 0.2) is 0 Å². The number of carboxylic acid groups (broad SMARTS) is 1. The molecule has 3 N–H and O–H groups in total. The second-order valence-electron chi connectivity index (χ2n) is 4.88. The minimum absolute atomic E-state index is 0.184. The molecular weight excluding hydrogens is 336 g/mol. The Morgan fingerprint density at radius 3 is 2.48 bits per heavy atom. The monoisotopic (exact) mass is 356 g/mol. The number of nitrogens with one attached hydrogen (secondary N) is 2. The van der Waals surface area contributed by atoms with Crippen LogP contribution in [0.25, 0.3) is 0 Å². The van der Waals surface area contributed by atoms with Gasteiger partial charge in [-0.1, -0.05) is 29.3 Å². The fraction of sp³-hybridized carbons (Fsp3) is 0.467. The molecule has 0 fully saturated rings. The lowest BCUT2D eigenvalue weighted by molar-refractivity contribution is -0.137. The first-order valence-corrected chi connectivity index (χ1v) is 7.82. The second-order valence-corrected chi connectivity index (χ2v) is 5.80. The van der Waals surface area contributed by atoms with Crippen molar-refractivity contribution in [2.24, 2.45) is 5.92 Å². The van der Waals surface area contributed by atoms with Crippen molar-refractivity contribution in [2.45, 2.75) is 32.6 Å². The van der Waals surface area contributed by atoms with Crippen LogP contribution in [0, 0.1) is 5.92 Å². The first-order valence-electron chi connectivity index (χ1n) is 7.03. The van der Waals surface area contributed by atoms with Gasteiger partial charge < -0.3 is 15.7 Å². The second kappa shape index (κ2) is 9.39. The summed E-state index contributed by atoms with van der Waals surface area (Å²) >= 11 is 3.33. The number of anilines is 1. The lowest BCUT2D eigenvalue weighted by Gasteiger charge is -2.14. The molecule has 0 radical (unpaired) electrons. The van der Waals surface area contributed by atoms with E-state index in [0.717, 1.165) is 23.0 Å². The summed E-state index contributed by atoms with van der Waals surface area (Å²) in [7, 11) is 0. The van der Waals surface area contributed by atoms with Gasteiger partial charge in [0.2, 0.25) is 0 Å². The van der Waals surface area contributed by atoms with Crippen LogP contribution >= 0.6 is 15.9 Å². The maximum atomic E-state index is 11.7. The van der Waals surface area contributed by atoms with Crippen LogP contribution in [0.4, 0.5) is 10.5 Å². The molecule has 0 saturated carbocycles. The van der Waals surface area contributed by atoms with E-state index in [9.17, 15) is 9.59 Å². The normalized spacial score (nSPS) is 11.7. The molecule has 1 aromatic carbocycles. The molecule has 0 aliphatic rings. The quantitative estimate of drug-likeness (QED) is 0.661. The number of carbonyl (C=O) groups excluding carboxylic acids is 1. The highest BCUT2D eigenvalue weighted by atomic mass is 79.9. The average molecular weight is 357 g/mol. The summed E-state index contributed by atoms with van der Waals surface area (Å²) in [6.45, 7) is 2.58. The molecule has 0 aliphatic heterocycles. The molecule has 1 aromatic rings. The fourth-order valence-electron chi connectivity index (χ4n) is 1.98. The zero-order valence-corrected chi connectivity index (χ0v) is 13.6. The predicted molar refractivity (Wildman–Crippen MR) is 86.4 cm³/mol. The van der Waals surface area contributed by atoms with E-state index in [1.54, 1.807) is 0 Å². The summed E-state index contributed by atoms with van der Waals surface area (Å²) in [6, 6.07) is 7.09. The van der Waals surface area contributed by atoms with Gasteiger partial charge in [-0.25, -0.2) is 4.79 Å². The standard InChI is InChI=1S/C15H21BrN2O3/c1-2-11(3-8-14(19)20)9-10-17-15(21)18-13-6-4-12(16)5-7-13/h4-7,11H,2-3,8-10H2,1H3,(H,19,20)(H2,17,18,21). The smallest absolute Gasteiger partial charge is 0.319 e. The number of carboxylic acids is 1. The molecule has 0 aliphatic carbocycles. The van der Waals surface area contributed by atoms with E-state index in [1.165, 1.54) is 0 Å². The number of benzene rings is 1. The summed E-state index contributed by atoms with van der Waals surface area (Å²) in [5.41, 5.74) is 0.730. The average Bonchev–Trinajstić information content (AvgIpc) is 2.45. The van der Waals surface area contributed by atoms with Gasteiger partial charge in [0.1, 0.15) is 0 Å². The topological polar surface area (TPSA) is 78.4 Å². The number of hydrogen-bond acceptors (Lipinski definition) is 2. The molecule has 1 atom stereocenters. The van der Waals surface area contributed by atoms with Crippen molar-refractivity contribution in [3.8, 4) is 0 Å². The summed E-state index contributed by atoms with van der Waals surface area (Å²) in [4.78, 5) is 22.3. The molecule has 6 heteroatoms. The Morgan fingerprint density at radius 2 is 1.90 bits per heavy atom. The molecule has 0 aromatic heterocycles. The highest BCUT2D eigenvalue weighted by molar-refractivity contribution is 9.10. The highest BCUT2D eigenvalue weighted by Gasteiger charge is 2.09. The lowest BCUT2D eigenvalue weighted by Crippen LogP contribution is -2.30. The van der Waals surface area contributed by atoms with Gasteiger partial charge >= 0.3 is 12.0 Å². The van der Waals surface area contributed by atoms with E-state index in [2.05, 4.69) is 26.6 Å². The number of urea groups is 1. The Bertz CT molecular complexity index is 462. The van der Waals surface area contributed by atoms with Crippen LogP contribution < -0.4 is 10.6 Å². The molecule has 0 heterocycles. The van der Waals surface area contributed by atoms with Gasteiger partial charge in [0.05, 0.1) is 0 Å². The third-order valence-corrected chi connectivity index (χ3v) is 3.81. The van der Waals surface area contributed by atoms with E-state index in [1.807, 2.05) is 31.2 Å². The molecule has 1 unspecified atom stereocenters. The Balaban J connectivity index is 2.25. The van der Waals surface area contributed by atoms with E-state index in [4.69, 9.17) is 5.11 Å². The number of halogens is 1. The molecule has 0 spiro atoms. The maximum absolute atomic E-state index is 11.7. The SMILES string of the molecule is CCC(CCNC(=O)Nc1ccc(Br)cc1)CCC(=O)O. The first kappa shape index (κ1) is 17.5. The zero-order valence-electron chi connectivity index (χ0n) is 12.1. The van der Waals surface area contributed by atoms with Crippen LogP contribution in [0.15, 0.2) is 28.7 Å². The van der Waals surface area contributed by atoms with Gasteiger partial charge in [0, 0.05) is 23.1 Å². The van der Waals surface area contributed by atoms with Crippen LogP contribution in [-0.2, 0) is 4.79 Å². The number of hydrogen-bond donors (Lipinski definition) is 3. The predicted octanol–water partition coefficient (Wildman–Crippen LogP) is 3.85. The van der Waals surface area contributed by atoms with Crippen LogP contribution in [0.2, 0.25) is 0 Å². The molecule has 21 heavy (non-hydrogen) atoms. The summed E-state index contributed by atoms with van der Waals surface area (Å²) in [5, 5.41) is 14.2. The van der Waals surface area contributed by atoms with Gasteiger partial charge in [-0.2, -0.15) is 0 Å². The number of aliphatic carboxylic acids is 1. The Morgan fingerprint density at radius 1 is 1.24 bits per heavy atom. The Labute approximate surface area is 133 Å². The Kier molecular flexibility index (Phi) is 7.82. The van der Waals surface area contributed by atoms with Crippen molar-refractivity contribution in [1.82, 2.24) is 5.32 Å². The van der Waals surface area contributed by atoms with Crippen LogP contribution in [-0.4, -0.2) is 23.7 Å². The number of carbonyl (C=O) groups is 2. The third kappa shape index (κ3) is 7.70. The summed E-state index contributed by atoms with van der Waals surface area (Å²) < 4.78 is 0.956. The molecule has 116 valence electrons. The van der Waals surface area contributed by atoms with Crippen LogP contribution in [0.3, 0.4) is 0 Å². The number of amides is 2. The third-order valence-electron chi connectivity index (χ3n) is 3.28. The van der Waals surface area contributed by atoms with Crippen molar-refractivity contribution in [1.29, 1.82) is 0 Å². The van der Waals surface area contributed by atoms with E-state index in [0.29, 0.717) is 18.9 Å². The van der Waals surface area contributed by atoms with Crippen LogP contribution in [0.1, 0.15) is 32.6 Å². The zero-order chi connectivity index (χ0) is 15.7. The van der Waals surface area contributed by atoms with Crippen molar-refractivity contribution in [3.63, 3.8) is 0 Å². The van der Waals surface area contributed by atoms with E-state index >= 15 is 0 Å².